The second-order valence-electron chi connectivity index (χ2n) is 4.25. The first-order valence-electron chi connectivity index (χ1n) is 5.86. The number of hydrogen-bond donors (Lipinski definition) is 1. The molecule has 1 atom stereocenters. The van der Waals surface area contributed by atoms with Crippen LogP contribution in [0.4, 0.5) is 0 Å². The molecule has 1 nitrogen and oxygen atoms in total. The molecule has 0 aliphatic rings. The summed E-state index contributed by atoms with van der Waals surface area (Å²) < 4.78 is 0. The topological polar surface area (TPSA) is 26.0 Å². The highest BCUT2D eigenvalue weighted by Crippen LogP contribution is 2.27. The molecule has 3 heteroatoms. The molecule has 0 spiro atoms. The molecule has 2 aromatic carbocycles. The predicted octanol–water partition coefficient (Wildman–Crippen LogP) is 4.44. The van der Waals surface area contributed by atoms with Gasteiger partial charge in [-0.15, -0.1) is 11.8 Å². The summed E-state index contributed by atoms with van der Waals surface area (Å²) in [6.07, 6.45) is 0. The maximum atomic E-state index is 6.17. The van der Waals surface area contributed by atoms with Crippen LogP contribution in [0.2, 0.25) is 5.02 Å². The van der Waals surface area contributed by atoms with Gasteiger partial charge >= 0.3 is 0 Å². The van der Waals surface area contributed by atoms with E-state index >= 15 is 0 Å². The summed E-state index contributed by atoms with van der Waals surface area (Å²) in [6.45, 7) is 2.09. The van der Waals surface area contributed by atoms with Crippen molar-refractivity contribution in [3.63, 3.8) is 0 Å². The summed E-state index contributed by atoms with van der Waals surface area (Å²) in [5.74, 6) is 0.826. The van der Waals surface area contributed by atoms with Crippen molar-refractivity contribution in [2.24, 2.45) is 5.73 Å². The Morgan fingerprint density at radius 2 is 1.78 bits per heavy atom. The number of nitrogens with two attached hydrogens (primary N) is 1. The number of halogens is 1. The van der Waals surface area contributed by atoms with Gasteiger partial charge in [0.05, 0.1) is 0 Å². The Morgan fingerprint density at radius 1 is 1.11 bits per heavy atom. The largest absolute Gasteiger partial charge is 0.323 e. The van der Waals surface area contributed by atoms with Gasteiger partial charge in [0.15, 0.2) is 0 Å². The summed E-state index contributed by atoms with van der Waals surface area (Å²) in [7, 11) is 0. The maximum absolute atomic E-state index is 6.17. The summed E-state index contributed by atoms with van der Waals surface area (Å²) in [6, 6.07) is 16.2. The second-order valence-corrected chi connectivity index (χ2v) is 5.75. The minimum Gasteiger partial charge on any atom is -0.323 e. The van der Waals surface area contributed by atoms with Crippen LogP contribution in [-0.2, 0) is 0 Å². The third kappa shape index (κ3) is 3.52. The first-order chi connectivity index (χ1) is 8.66. The predicted molar refractivity (Wildman–Crippen MR) is 80.3 cm³/mol. The van der Waals surface area contributed by atoms with Gasteiger partial charge in [0.1, 0.15) is 0 Å². The third-order valence-corrected chi connectivity index (χ3v) is 4.23. The minimum atomic E-state index is -0.0370. The van der Waals surface area contributed by atoms with Gasteiger partial charge in [0.2, 0.25) is 0 Å². The van der Waals surface area contributed by atoms with Crippen LogP contribution >= 0.6 is 23.4 Å². The Hall–Kier alpha value is -0.960. The lowest BCUT2D eigenvalue weighted by Crippen LogP contribution is -2.13. The van der Waals surface area contributed by atoms with Gasteiger partial charge in [-0.2, -0.15) is 0 Å². The van der Waals surface area contributed by atoms with E-state index in [-0.39, 0.29) is 6.04 Å². The Bertz CT molecular complexity index is 510. The molecule has 0 aliphatic carbocycles. The third-order valence-electron chi connectivity index (χ3n) is 2.76. The average molecular weight is 278 g/mol. The highest BCUT2D eigenvalue weighted by Gasteiger charge is 2.09. The number of rotatable bonds is 4. The lowest BCUT2D eigenvalue weighted by atomic mass is 10.1. The van der Waals surface area contributed by atoms with Crippen molar-refractivity contribution in [1.82, 2.24) is 0 Å². The highest BCUT2D eigenvalue weighted by molar-refractivity contribution is 7.99. The quantitative estimate of drug-likeness (QED) is 0.836. The Balaban J connectivity index is 1.98. The molecular weight excluding hydrogens is 262 g/mol. The number of aryl methyl sites for hydroxylation is 1. The fraction of sp³-hybridized carbons (Fsp3) is 0.200. The summed E-state index contributed by atoms with van der Waals surface area (Å²) in [4.78, 5) is 1.24. The van der Waals surface area contributed by atoms with Gasteiger partial charge in [-0.1, -0.05) is 47.5 Å². The zero-order valence-electron chi connectivity index (χ0n) is 10.3. The number of benzene rings is 2. The van der Waals surface area contributed by atoms with Crippen molar-refractivity contribution in [2.45, 2.75) is 17.9 Å². The normalized spacial score (nSPS) is 12.4. The fourth-order valence-electron chi connectivity index (χ4n) is 1.69. The fourth-order valence-corrected chi connectivity index (χ4v) is 2.84. The van der Waals surface area contributed by atoms with Crippen LogP contribution in [0.15, 0.2) is 53.4 Å². The molecular formula is C15H16ClNS. The molecule has 0 heterocycles. The van der Waals surface area contributed by atoms with E-state index in [0.29, 0.717) is 0 Å². The first-order valence-corrected chi connectivity index (χ1v) is 7.22. The van der Waals surface area contributed by atoms with E-state index in [2.05, 4.69) is 31.2 Å². The maximum Gasteiger partial charge on any atom is 0.0454 e. The monoisotopic (exact) mass is 277 g/mol. The molecule has 0 fully saturated rings. The van der Waals surface area contributed by atoms with Crippen LogP contribution in [0.25, 0.3) is 0 Å². The molecule has 2 rings (SSSR count). The zero-order chi connectivity index (χ0) is 13.0. The Kier molecular flexibility index (Phi) is 4.70. The Labute approximate surface area is 117 Å². The van der Waals surface area contributed by atoms with Gasteiger partial charge < -0.3 is 5.73 Å². The molecule has 0 saturated carbocycles. The van der Waals surface area contributed by atoms with E-state index in [4.69, 9.17) is 17.3 Å². The summed E-state index contributed by atoms with van der Waals surface area (Å²) >= 11 is 7.89. The van der Waals surface area contributed by atoms with Crippen LogP contribution < -0.4 is 5.73 Å². The molecule has 0 aliphatic heterocycles. The Morgan fingerprint density at radius 3 is 2.44 bits per heavy atom. The standard InChI is InChI=1S/C15H16ClNS/c1-11-6-8-12(9-7-11)18-10-15(17)13-4-2-3-5-14(13)16/h2-9,15H,10,17H2,1H3. The van der Waals surface area contributed by atoms with Gasteiger partial charge in [0, 0.05) is 21.7 Å². The van der Waals surface area contributed by atoms with Gasteiger partial charge in [-0.3, -0.25) is 0 Å². The molecule has 18 heavy (non-hydrogen) atoms. The first kappa shape index (κ1) is 13.5. The van der Waals surface area contributed by atoms with E-state index in [1.807, 2.05) is 24.3 Å². The summed E-state index contributed by atoms with van der Waals surface area (Å²) in [5, 5.41) is 0.745. The molecule has 0 saturated heterocycles. The highest BCUT2D eigenvalue weighted by atomic mass is 35.5. The van der Waals surface area contributed by atoms with E-state index in [1.54, 1.807) is 11.8 Å². The molecule has 0 bridgehead atoms. The molecule has 2 aromatic rings. The number of hydrogen-bond acceptors (Lipinski definition) is 2. The van der Waals surface area contributed by atoms with Crippen LogP contribution in [-0.4, -0.2) is 5.75 Å². The van der Waals surface area contributed by atoms with Crippen LogP contribution in [0.3, 0.4) is 0 Å². The second kappa shape index (κ2) is 6.28. The van der Waals surface area contributed by atoms with E-state index in [0.717, 1.165) is 16.3 Å². The molecule has 0 amide bonds. The summed E-state index contributed by atoms with van der Waals surface area (Å²) in [5.41, 5.74) is 8.45. The van der Waals surface area contributed by atoms with E-state index in [1.165, 1.54) is 10.5 Å². The lowest BCUT2D eigenvalue weighted by Gasteiger charge is -2.13. The molecule has 1 unspecified atom stereocenters. The van der Waals surface area contributed by atoms with Crippen molar-refractivity contribution < 1.29 is 0 Å². The lowest BCUT2D eigenvalue weighted by molar-refractivity contribution is 0.831. The molecule has 94 valence electrons. The molecule has 0 radical (unpaired) electrons. The molecule has 2 N–H and O–H groups in total. The zero-order valence-corrected chi connectivity index (χ0v) is 11.8. The smallest absolute Gasteiger partial charge is 0.0454 e. The minimum absolute atomic E-state index is 0.0370. The van der Waals surface area contributed by atoms with Crippen LogP contribution in [0, 0.1) is 6.92 Å². The van der Waals surface area contributed by atoms with Crippen molar-refractivity contribution in [2.75, 3.05) is 5.75 Å². The van der Waals surface area contributed by atoms with E-state index in [9.17, 15) is 0 Å². The van der Waals surface area contributed by atoms with Crippen molar-refractivity contribution in [1.29, 1.82) is 0 Å². The number of thioether (sulfide) groups is 1. The van der Waals surface area contributed by atoms with Gasteiger partial charge in [-0.05, 0) is 30.7 Å². The SMILES string of the molecule is Cc1ccc(SCC(N)c2ccccc2Cl)cc1. The van der Waals surface area contributed by atoms with Crippen LogP contribution in [0.5, 0.6) is 0 Å². The average Bonchev–Trinajstić information content (AvgIpc) is 2.38. The van der Waals surface area contributed by atoms with Gasteiger partial charge in [-0.25, -0.2) is 0 Å². The van der Waals surface area contributed by atoms with Gasteiger partial charge in [0.25, 0.3) is 0 Å². The molecule has 0 aromatic heterocycles. The van der Waals surface area contributed by atoms with Crippen molar-refractivity contribution >= 4 is 23.4 Å². The van der Waals surface area contributed by atoms with Crippen molar-refractivity contribution in [3.05, 3.63) is 64.7 Å². The van der Waals surface area contributed by atoms with E-state index < -0.39 is 0 Å². The van der Waals surface area contributed by atoms with Crippen molar-refractivity contribution in [3.8, 4) is 0 Å². The van der Waals surface area contributed by atoms with Crippen LogP contribution in [0.1, 0.15) is 17.2 Å².